The Morgan fingerprint density at radius 2 is 1.82 bits per heavy atom. The average Bonchev–Trinajstić information content (AvgIpc) is 3.53. The lowest BCUT2D eigenvalue weighted by Gasteiger charge is -2.15. The van der Waals surface area contributed by atoms with Crippen molar-refractivity contribution in [1.82, 2.24) is 14.8 Å². The molecule has 2 aromatic carbocycles. The van der Waals surface area contributed by atoms with E-state index >= 15 is 0 Å². The van der Waals surface area contributed by atoms with Gasteiger partial charge in [0.15, 0.2) is 0 Å². The molecule has 0 saturated carbocycles. The maximum absolute atomic E-state index is 12.9. The van der Waals surface area contributed by atoms with Crippen molar-refractivity contribution in [3.63, 3.8) is 0 Å². The van der Waals surface area contributed by atoms with Crippen LogP contribution in [-0.2, 0) is 4.79 Å². The summed E-state index contributed by atoms with van der Waals surface area (Å²) in [6.45, 7) is 7.62. The largest absolute Gasteiger partial charge is 0.351 e. The highest BCUT2D eigenvalue weighted by Crippen LogP contribution is 2.36. The minimum atomic E-state index is -0.137. The number of anilines is 1. The Balaban J connectivity index is 1.40. The number of aryl methyl sites for hydroxylation is 1. The second kappa shape index (κ2) is 9.31. The Morgan fingerprint density at radius 1 is 1.06 bits per heavy atom. The number of carbonyl (C=O) groups excluding carboxylic acids is 2. The fraction of sp³-hybridized carbons (Fsp3) is 0.286. The summed E-state index contributed by atoms with van der Waals surface area (Å²) in [5.74, 6) is -0.198. The molecule has 2 N–H and O–H groups in total. The molecule has 0 spiro atoms. The maximum Gasteiger partial charge on any atom is 0.257 e. The molecule has 3 aromatic rings. The van der Waals surface area contributed by atoms with E-state index in [2.05, 4.69) is 27.7 Å². The quantitative estimate of drug-likeness (QED) is 0.537. The van der Waals surface area contributed by atoms with Gasteiger partial charge in [0.25, 0.3) is 11.8 Å². The van der Waals surface area contributed by atoms with Gasteiger partial charge in [-0.3, -0.25) is 9.59 Å². The average molecular weight is 455 g/mol. The van der Waals surface area contributed by atoms with Crippen molar-refractivity contribution in [3.05, 3.63) is 77.1 Å². The summed E-state index contributed by atoms with van der Waals surface area (Å²) in [5.41, 5.74) is 6.81. The van der Waals surface area contributed by atoms with Crippen LogP contribution in [-0.4, -0.2) is 47.5 Å². The van der Waals surface area contributed by atoms with Gasteiger partial charge in [0.2, 0.25) is 0 Å². The monoisotopic (exact) mass is 454 g/mol. The summed E-state index contributed by atoms with van der Waals surface area (Å²) in [5, 5.41) is 6.03. The number of rotatable bonds is 6. The van der Waals surface area contributed by atoms with Gasteiger partial charge in [-0.2, -0.15) is 0 Å². The molecule has 2 aliphatic rings. The molecule has 0 atom stereocenters. The molecular weight excluding hydrogens is 424 g/mol. The van der Waals surface area contributed by atoms with E-state index < -0.39 is 0 Å². The van der Waals surface area contributed by atoms with Crippen LogP contribution in [0.4, 0.5) is 5.69 Å². The van der Waals surface area contributed by atoms with Gasteiger partial charge in [0.05, 0.1) is 11.1 Å². The van der Waals surface area contributed by atoms with Crippen molar-refractivity contribution in [2.24, 2.45) is 0 Å². The van der Waals surface area contributed by atoms with Gasteiger partial charge in [0, 0.05) is 42.4 Å². The van der Waals surface area contributed by atoms with E-state index in [0.29, 0.717) is 17.7 Å². The summed E-state index contributed by atoms with van der Waals surface area (Å²) in [6.07, 6.45) is 6.24. The van der Waals surface area contributed by atoms with E-state index in [-0.39, 0.29) is 11.8 Å². The zero-order valence-corrected chi connectivity index (χ0v) is 19.7. The van der Waals surface area contributed by atoms with Crippen LogP contribution < -0.4 is 10.6 Å². The fourth-order valence-electron chi connectivity index (χ4n) is 4.95. The molecule has 0 aliphatic carbocycles. The summed E-state index contributed by atoms with van der Waals surface area (Å²) in [7, 11) is 0. The highest BCUT2D eigenvalue weighted by atomic mass is 16.2. The van der Waals surface area contributed by atoms with Crippen molar-refractivity contribution in [2.45, 2.75) is 26.7 Å². The van der Waals surface area contributed by atoms with Crippen molar-refractivity contribution < 1.29 is 9.59 Å². The highest BCUT2D eigenvalue weighted by Gasteiger charge is 2.26. The zero-order valence-electron chi connectivity index (χ0n) is 19.7. The summed E-state index contributed by atoms with van der Waals surface area (Å²) in [4.78, 5) is 28.1. The van der Waals surface area contributed by atoms with Crippen molar-refractivity contribution in [1.29, 1.82) is 0 Å². The minimum absolute atomic E-state index is 0.0611. The van der Waals surface area contributed by atoms with Crippen LogP contribution in [0.15, 0.2) is 54.7 Å². The lowest BCUT2D eigenvalue weighted by molar-refractivity contribution is -0.110. The Hall–Kier alpha value is -3.64. The Bertz CT molecular complexity index is 1270. The number of carbonyl (C=O) groups is 2. The zero-order chi connectivity index (χ0) is 23.7. The molecule has 6 heteroatoms. The molecule has 5 rings (SSSR count). The van der Waals surface area contributed by atoms with Crippen molar-refractivity contribution in [2.75, 3.05) is 31.5 Å². The first-order valence-corrected chi connectivity index (χ1v) is 11.9. The fourth-order valence-corrected chi connectivity index (χ4v) is 4.95. The van der Waals surface area contributed by atoms with Crippen molar-refractivity contribution in [3.8, 4) is 11.1 Å². The first-order valence-electron chi connectivity index (χ1n) is 11.9. The van der Waals surface area contributed by atoms with Gasteiger partial charge in [-0.1, -0.05) is 36.4 Å². The summed E-state index contributed by atoms with van der Waals surface area (Å²) < 4.78 is 1.89. The number of amides is 2. The lowest BCUT2D eigenvalue weighted by atomic mass is 10.00. The first-order chi connectivity index (χ1) is 16.5. The molecule has 34 heavy (non-hydrogen) atoms. The van der Waals surface area contributed by atoms with Gasteiger partial charge in [-0.25, -0.2) is 0 Å². The van der Waals surface area contributed by atoms with Crippen LogP contribution in [0.5, 0.6) is 0 Å². The van der Waals surface area contributed by atoms with Crippen LogP contribution in [0.2, 0.25) is 0 Å². The van der Waals surface area contributed by atoms with Gasteiger partial charge < -0.3 is 20.1 Å². The number of hydrogen-bond donors (Lipinski definition) is 2. The number of aromatic nitrogens is 1. The van der Waals surface area contributed by atoms with Gasteiger partial charge in [-0.15, -0.1) is 0 Å². The lowest BCUT2D eigenvalue weighted by Crippen LogP contribution is -2.33. The SMILES string of the molecule is Cc1cn(C=C2C(=O)Nc3ccc(-c4ccccc4)cc32)c(C)c1C(=O)NCCN1CCCC1. The molecule has 0 radical (unpaired) electrons. The maximum atomic E-state index is 12.9. The van der Waals surface area contributed by atoms with E-state index in [0.717, 1.165) is 53.3 Å². The van der Waals surface area contributed by atoms with Crippen molar-refractivity contribution >= 4 is 29.3 Å². The van der Waals surface area contributed by atoms with Gasteiger partial charge in [-0.05, 0) is 68.6 Å². The Labute approximate surface area is 200 Å². The summed E-state index contributed by atoms with van der Waals surface area (Å²) in [6, 6.07) is 16.1. The second-order valence-electron chi connectivity index (χ2n) is 9.11. The third kappa shape index (κ3) is 4.29. The third-order valence-electron chi connectivity index (χ3n) is 6.79. The molecule has 0 bridgehead atoms. The van der Waals surface area contributed by atoms with E-state index in [4.69, 9.17) is 0 Å². The first kappa shape index (κ1) is 22.2. The molecular formula is C28H30N4O2. The number of benzene rings is 2. The summed E-state index contributed by atoms with van der Waals surface area (Å²) >= 11 is 0. The molecule has 174 valence electrons. The predicted octanol–water partition coefficient (Wildman–Crippen LogP) is 4.55. The number of nitrogens with zero attached hydrogens (tertiary/aromatic N) is 2. The van der Waals surface area contributed by atoms with Gasteiger partial charge >= 0.3 is 0 Å². The molecule has 3 heterocycles. The normalized spacial score (nSPS) is 16.6. The smallest absolute Gasteiger partial charge is 0.257 e. The Morgan fingerprint density at radius 3 is 2.59 bits per heavy atom. The predicted molar refractivity (Wildman–Crippen MR) is 137 cm³/mol. The molecule has 2 aliphatic heterocycles. The minimum Gasteiger partial charge on any atom is -0.351 e. The van der Waals surface area contributed by atoms with Gasteiger partial charge in [0.1, 0.15) is 0 Å². The molecule has 1 saturated heterocycles. The highest BCUT2D eigenvalue weighted by molar-refractivity contribution is 6.34. The van der Waals surface area contributed by atoms with Crippen LogP contribution in [0.25, 0.3) is 22.9 Å². The standard InChI is InChI=1S/C28H30N4O2/c1-19-17-32(20(2)26(19)28(34)29-12-15-31-13-6-7-14-31)18-24-23-16-22(21-8-4-3-5-9-21)10-11-25(23)30-27(24)33/h3-5,8-11,16-18H,6-7,12-15H2,1-2H3,(H,29,34)(H,30,33). The molecule has 2 amide bonds. The van der Waals surface area contributed by atoms with E-state index in [1.165, 1.54) is 12.8 Å². The Kier molecular flexibility index (Phi) is 6.07. The van der Waals surface area contributed by atoms with E-state index in [1.807, 2.05) is 67.2 Å². The van der Waals surface area contributed by atoms with Crippen LogP contribution in [0.1, 0.15) is 40.0 Å². The van der Waals surface area contributed by atoms with E-state index in [1.54, 1.807) is 0 Å². The van der Waals surface area contributed by atoms with Crippen LogP contribution in [0.3, 0.4) is 0 Å². The number of fused-ring (bicyclic) bond motifs is 1. The molecule has 1 aromatic heterocycles. The number of nitrogens with one attached hydrogen (secondary N) is 2. The molecule has 0 unspecified atom stereocenters. The number of hydrogen-bond acceptors (Lipinski definition) is 3. The van der Waals surface area contributed by atoms with E-state index in [9.17, 15) is 9.59 Å². The second-order valence-corrected chi connectivity index (χ2v) is 9.11. The molecule has 6 nitrogen and oxygen atoms in total. The number of likely N-dealkylation sites (tertiary alicyclic amines) is 1. The van der Waals surface area contributed by atoms with Crippen LogP contribution >= 0.6 is 0 Å². The molecule has 1 fully saturated rings. The topological polar surface area (TPSA) is 66.4 Å². The third-order valence-corrected chi connectivity index (χ3v) is 6.79. The van der Waals surface area contributed by atoms with Crippen LogP contribution in [0, 0.1) is 13.8 Å².